The predicted molar refractivity (Wildman–Crippen MR) is 136 cm³/mol. The molecule has 1 aliphatic heterocycles. The molecule has 0 spiro atoms. The fourth-order valence-corrected chi connectivity index (χ4v) is 5.26. The molecule has 1 amide bonds. The molecule has 0 bridgehead atoms. The maximum Gasteiger partial charge on any atom is 0.231 e. The van der Waals surface area contributed by atoms with Crippen LogP contribution >= 0.6 is 0 Å². The van der Waals surface area contributed by atoms with E-state index in [1.807, 2.05) is 29.1 Å². The van der Waals surface area contributed by atoms with Gasteiger partial charge in [0.2, 0.25) is 5.91 Å². The largest absolute Gasteiger partial charge is 0.493 e. The van der Waals surface area contributed by atoms with Gasteiger partial charge in [-0.2, -0.15) is 5.10 Å². The number of hydrogen-bond donors (Lipinski definition) is 2. The van der Waals surface area contributed by atoms with Crippen molar-refractivity contribution < 1.29 is 13.9 Å². The smallest absolute Gasteiger partial charge is 0.231 e. The monoisotopic (exact) mass is 494 g/mol. The molecule has 36 heavy (non-hydrogen) atoms. The Morgan fingerprint density at radius 1 is 1.33 bits per heavy atom. The molecule has 0 aromatic carbocycles. The standard InChI is InChI=1S/C25H31FN8O2/c1-14(2)20-21-17(31-23(20)15-9-18(36-4)24-29-13-30-34(24)11-15)10-28-25(22(21)26)33-7-5-16(6-8-33)32(3)12-19(27)35/h9-11,13-14,16,31H,5-8,12H2,1-4H3,(H2,27,35). The SMILES string of the molecule is COc1cc(-c2[nH]c3cnc(N4CCC(N(C)CC(N)=O)CC4)c(F)c3c2C(C)C)cn2ncnc12. The number of hydrogen-bond acceptors (Lipinski definition) is 7. The van der Waals surface area contributed by atoms with Crippen LogP contribution in [0, 0.1) is 5.82 Å². The van der Waals surface area contributed by atoms with Gasteiger partial charge in [-0.1, -0.05) is 13.8 Å². The van der Waals surface area contributed by atoms with E-state index >= 15 is 4.39 Å². The lowest BCUT2D eigenvalue weighted by Crippen LogP contribution is -2.46. The number of carbonyl (C=O) groups excluding carboxylic acids is 1. The maximum absolute atomic E-state index is 16.1. The van der Waals surface area contributed by atoms with E-state index in [9.17, 15) is 4.79 Å². The summed E-state index contributed by atoms with van der Waals surface area (Å²) in [4.78, 5) is 27.4. The third-order valence-corrected chi connectivity index (χ3v) is 7.02. The third kappa shape index (κ3) is 4.13. The summed E-state index contributed by atoms with van der Waals surface area (Å²) in [6.45, 7) is 5.63. The highest BCUT2D eigenvalue weighted by Gasteiger charge is 2.28. The number of likely N-dealkylation sites (N-methyl/N-ethyl adjacent to an activating group) is 1. The first kappa shape index (κ1) is 24.0. The van der Waals surface area contributed by atoms with Crippen molar-refractivity contribution in [3.05, 3.63) is 36.2 Å². The summed E-state index contributed by atoms with van der Waals surface area (Å²) in [7, 11) is 3.49. The quantitative estimate of drug-likeness (QED) is 0.406. The van der Waals surface area contributed by atoms with Gasteiger partial charge in [-0.05, 0) is 37.4 Å². The van der Waals surface area contributed by atoms with Gasteiger partial charge in [0.05, 0.1) is 31.1 Å². The molecule has 4 aromatic rings. The first-order valence-corrected chi connectivity index (χ1v) is 12.1. The van der Waals surface area contributed by atoms with Crippen LogP contribution in [0.3, 0.4) is 0 Å². The molecule has 0 saturated carbocycles. The Morgan fingerprint density at radius 3 is 2.75 bits per heavy atom. The number of aromatic amines is 1. The molecule has 4 aromatic heterocycles. The zero-order valence-corrected chi connectivity index (χ0v) is 21.0. The summed E-state index contributed by atoms with van der Waals surface area (Å²) in [6, 6.07) is 2.12. The lowest BCUT2D eigenvalue weighted by atomic mass is 9.96. The van der Waals surface area contributed by atoms with Crippen molar-refractivity contribution in [3.63, 3.8) is 0 Å². The molecule has 11 heteroatoms. The van der Waals surface area contributed by atoms with Crippen molar-refractivity contribution in [2.75, 3.05) is 38.7 Å². The molecule has 1 aliphatic rings. The van der Waals surface area contributed by atoms with Crippen LogP contribution in [-0.2, 0) is 4.79 Å². The number of ether oxygens (including phenoxy) is 1. The summed E-state index contributed by atoms with van der Waals surface area (Å²) >= 11 is 0. The highest BCUT2D eigenvalue weighted by molar-refractivity contribution is 5.93. The molecular weight excluding hydrogens is 463 g/mol. The zero-order valence-electron chi connectivity index (χ0n) is 21.0. The van der Waals surface area contributed by atoms with Crippen molar-refractivity contribution in [1.82, 2.24) is 29.5 Å². The molecule has 10 nitrogen and oxygen atoms in total. The van der Waals surface area contributed by atoms with Crippen LogP contribution in [0.5, 0.6) is 5.75 Å². The van der Waals surface area contributed by atoms with E-state index in [2.05, 4.69) is 33.9 Å². The molecule has 1 fully saturated rings. The van der Waals surface area contributed by atoms with Crippen molar-refractivity contribution in [3.8, 4) is 17.0 Å². The summed E-state index contributed by atoms with van der Waals surface area (Å²) in [6.07, 6.45) is 6.65. The number of carbonyl (C=O) groups is 1. The lowest BCUT2D eigenvalue weighted by Gasteiger charge is -2.37. The number of fused-ring (bicyclic) bond motifs is 2. The number of nitrogens with zero attached hydrogens (tertiary/aromatic N) is 6. The number of piperidine rings is 1. The van der Waals surface area contributed by atoms with Crippen molar-refractivity contribution in [2.24, 2.45) is 5.73 Å². The van der Waals surface area contributed by atoms with Gasteiger partial charge in [-0.3, -0.25) is 9.69 Å². The van der Waals surface area contributed by atoms with Gasteiger partial charge in [-0.15, -0.1) is 0 Å². The number of pyridine rings is 2. The van der Waals surface area contributed by atoms with Crippen molar-refractivity contribution in [1.29, 1.82) is 0 Å². The van der Waals surface area contributed by atoms with E-state index < -0.39 is 0 Å². The maximum atomic E-state index is 16.1. The van der Waals surface area contributed by atoms with E-state index in [1.54, 1.807) is 17.8 Å². The van der Waals surface area contributed by atoms with Gasteiger partial charge < -0.3 is 20.4 Å². The molecule has 3 N–H and O–H groups in total. The van der Waals surface area contributed by atoms with Gasteiger partial charge in [0.25, 0.3) is 0 Å². The topological polar surface area (TPSA) is 118 Å². The van der Waals surface area contributed by atoms with Crippen LogP contribution in [-0.4, -0.2) is 75.2 Å². The molecule has 0 unspecified atom stereocenters. The van der Waals surface area contributed by atoms with E-state index in [0.717, 1.165) is 29.7 Å². The Bertz CT molecular complexity index is 1420. The number of anilines is 1. The zero-order chi connectivity index (χ0) is 25.6. The minimum absolute atomic E-state index is 0.0455. The summed E-state index contributed by atoms with van der Waals surface area (Å²) < 4.78 is 23.3. The Balaban J connectivity index is 1.52. The van der Waals surface area contributed by atoms with Crippen LogP contribution in [0.15, 0.2) is 24.8 Å². The number of H-pyrrole nitrogens is 1. The fourth-order valence-electron chi connectivity index (χ4n) is 5.26. The number of methoxy groups -OCH3 is 1. The second-order valence-corrected chi connectivity index (χ2v) is 9.68. The summed E-state index contributed by atoms with van der Waals surface area (Å²) in [5, 5.41) is 4.81. The Kier molecular flexibility index (Phi) is 6.25. The molecule has 5 heterocycles. The van der Waals surface area contributed by atoms with Gasteiger partial charge >= 0.3 is 0 Å². The number of halogens is 1. The molecular formula is C25H31FN8O2. The number of rotatable bonds is 7. The Labute approximate surface area is 208 Å². The van der Waals surface area contributed by atoms with E-state index in [1.165, 1.54) is 6.33 Å². The minimum Gasteiger partial charge on any atom is -0.493 e. The van der Waals surface area contributed by atoms with Gasteiger partial charge in [-0.25, -0.2) is 18.9 Å². The Hall–Kier alpha value is -3.73. The number of aromatic nitrogens is 5. The van der Waals surface area contributed by atoms with E-state index in [-0.39, 0.29) is 30.2 Å². The van der Waals surface area contributed by atoms with E-state index in [0.29, 0.717) is 41.2 Å². The lowest BCUT2D eigenvalue weighted by molar-refractivity contribution is -0.119. The number of amides is 1. The van der Waals surface area contributed by atoms with Gasteiger partial charge in [0.1, 0.15) is 6.33 Å². The minimum atomic E-state index is -0.344. The highest BCUT2D eigenvalue weighted by atomic mass is 19.1. The molecule has 0 radical (unpaired) electrons. The van der Waals surface area contributed by atoms with Crippen LogP contribution in [0.2, 0.25) is 0 Å². The van der Waals surface area contributed by atoms with Crippen molar-refractivity contribution in [2.45, 2.75) is 38.6 Å². The second kappa shape index (κ2) is 9.38. The first-order valence-electron chi connectivity index (χ1n) is 12.1. The molecule has 0 atom stereocenters. The van der Waals surface area contributed by atoms with Gasteiger partial charge in [0.15, 0.2) is 23.0 Å². The molecule has 0 aliphatic carbocycles. The average molecular weight is 495 g/mol. The Morgan fingerprint density at radius 2 is 2.08 bits per heavy atom. The highest BCUT2D eigenvalue weighted by Crippen LogP contribution is 2.40. The second-order valence-electron chi connectivity index (χ2n) is 9.68. The number of nitrogens with two attached hydrogens (primary N) is 1. The number of nitrogens with one attached hydrogen (secondary N) is 1. The van der Waals surface area contributed by atoms with E-state index in [4.69, 9.17) is 10.5 Å². The third-order valence-electron chi connectivity index (χ3n) is 7.02. The first-order chi connectivity index (χ1) is 17.3. The predicted octanol–water partition coefficient (Wildman–Crippen LogP) is 2.93. The average Bonchev–Trinajstić information content (AvgIpc) is 3.48. The summed E-state index contributed by atoms with van der Waals surface area (Å²) in [5.41, 5.74) is 9.11. The molecule has 1 saturated heterocycles. The van der Waals surface area contributed by atoms with Crippen LogP contribution in [0.25, 0.3) is 27.8 Å². The fraction of sp³-hybridized carbons (Fsp3) is 0.440. The van der Waals surface area contributed by atoms with Crippen LogP contribution in [0.4, 0.5) is 10.2 Å². The number of primary amides is 1. The molecule has 190 valence electrons. The van der Waals surface area contributed by atoms with Crippen molar-refractivity contribution >= 4 is 28.3 Å². The van der Waals surface area contributed by atoms with Gasteiger partial charge in [0, 0.05) is 36.3 Å². The molecule has 5 rings (SSSR count). The van der Waals surface area contributed by atoms with Crippen LogP contribution in [0.1, 0.15) is 38.2 Å². The normalized spacial score (nSPS) is 15.0. The summed E-state index contributed by atoms with van der Waals surface area (Å²) in [5.74, 6) is 0.320. The van der Waals surface area contributed by atoms with Crippen LogP contribution < -0.4 is 15.4 Å².